The minimum absolute atomic E-state index is 0.233. The molecule has 6 nitrogen and oxygen atoms in total. The Morgan fingerprint density at radius 2 is 2.07 bits per heavy atom. The molecule has 0 saturated carbocycles. The molecule has 0 atom stereocenters. The van der Waals surface area contributed by atoms with Crippen molar-refractivity contribution in [3.63, 3.8) is 0 Å². The van der Waals surface area contributed by atoms with Crippen molar-refractivity contribution >= 4 is 17.5 Å². The van der Waals surface area contributed by atoms with Gasteiger partial charge < -0.3 is 14.5 Å². The van der Waals surface area contributed by atoms with Crippen molar-refractivity contribution in [3.05, 3.63) is 69.9 Å². The second-order valence-corrected chi connectivity index (χ2v) is 8.06. The highest BCUT2D eigenvalue weighted by molar-refractivity contribution is 6.31. The first-order valence-corrected chi connectivity index (χ1v) is 10.5. The molecule has 3 aromatic rings. The molecule has 0 spiro atoms. The third-order valence-corrected chi connectivity index (χ3v) is 5.34. The van der Waals surface area contributed by atoms with Gasteiger partial charge >= 0.3 is 0 Å². The summed E-state index contributed by atoms with van der Waals surface area (Å²) in [4.78, 5) is 12.3. The van der Waals surface area contributed by atoms with Crippen molar-refractivity contribution in [1.82, 2.24) is 15.1 Å². The van der Waals surface area contributed by atoms with Crippen LogP contribution in [0.4, 0.5) is 0 Å². The maximum absolute atomic E-state index is 12.3. The van der Waals surface area contributed by atoms with Crippen LogP contribution in [0.15, 0.2) is 40.9 Å². The van der Waals surface area contributed by atoms with Gasteiger partial charge in [0.2, 0.25) is 0 Å². The van der Waals surface area contributed by atoms with Gasteiger partial charge in [-0.3, -0.25) is 9.48 Å². The summed E-state index contributed by atoms with van der Waals surface area (Å²) in [6.07, 6.45) is 2.56. The number of carbonyl (C=O) groups is 1. The molecule has 160 valence electrons. The van der Waals surface area contributed by atoms with Crippen molar-refractivity contribution in [2.75, 3.05) is 6.54 Å². The van der Waals surface area contributed by atoms with Crippen LogP contribution in [-0.4, -0.2) is 22.2 Å². The lowest BCUT2D eigenvalue weighted by Gasteiger charge is -2.15. The van der Waals surface area contributed by atoms with Gasteiger partial charge in [0.15, 0.2) is 5.76 Å². The number of aryl methyl sites for hydroxylation is 3. The zero-order chi connectivity index (χ0) is 21.7. The number of benzene rings is 1. The van der Waals surface area contributed by atoms with Crippen molar-refractivity contribution in [2.45, 2.75) is 53.2 Å². The van der Waals surface area contributed by atoms with E-state index in [2.05, 4.69) is 24.3 Å². The number of furan rings is 1. The van der Waals surface area contributed by atoms with E-state index in [4.69, 9.17) is 20.8 Å². The molecule has 0 fully saturated rings. The number of hydrogen-bond donors (Lipinski definition) is 1. The highest BCUT2D eigenvalue weighted by Gasteiger charge is 2.14. The van der Waals surface area contributed by atoms with Crippen molar-refractivity contribution < 1.29 is 13.9 Å². The summed E-state index contributed by atoms with van der Waals surface area (Å²) in [6, 6.07) is 9.28. The summed E-state index contributed by atoms with van der Waals surface area (Å²) in [7, 11) is 0. The Hall–Kier alpha value is -2.73. The number of halogens is 1. The van der Waals surface area contributed by atoms with Crippen LogP contribution >= 0.6 is 11.6 Å². The van der Waals surface area contributed by atoms with E-state index in [0.717, 1.165) is 40.6 Å². The fourth-order valence-corrected chi connectivity index (χ4v) is 3.30. The summed E-state index contributed by atoms with van der Waals surface area (Å²) in [5.74, 6) is 1.70. The number of nitrogens with zero attached hydrogens (tertiary/aromatic N) is 2. The maximum atomic E-state index is 12.3. The third-order valence-electron chi connectivity index (χ3n) is 4.93. The molecule has 1 N–H and O–H groups in total. The summed E-state index contributed by atoms with van der Waals surface area (Å²) >= 11 is 6.25. The Morgan fingerprint density at radius 1 is 1.27 bits per heavy atom. The Kier molecular flexibility index (Phi) is 7.21. The molecule has 1 aromatic carbocycles. The van der Waals surface area contributed by atoms with Gasteiger partial charge in [0.05, 0.1) is 0 Å². The lowest BCUT2D eigenvalue weighted by atomic mass is 10.0. The maximum Gasteiger partial charge on any atom is 0.286 e. The fraction of sp³-hybridized carbons (Fsp3) is 0.391. The number of amides is 1. The summed E-state index contributed by atoms with van der Waals surface area (Å²) < 4.78 is 13.5. The lowest BCUT2D eigenvalue weighted by molar-refractivity contribution is 0.0920. The van der Waals surface area contributed by atoms with Gasteiger partial charge in [-0.05, 0) is 67.6 Å². The van der Waals surface area contributed by atoms with E-state index in [1.54, 1.807) is 18.3 Å². The molecule has 7 heteroatoms. The molecule has 0 aliphatic rings. The third kappa shape index (κ3) is 5.45. The molecule has 30 heavy (non-hydrogen) atoms. The van der Waals surface area contributed by atoms with Crippen molar-refractivity contribution in [2.24, 2.45) is 0 Å². The quantitative estimate of drug-likeness (QED) is 0.470. The van der Waals surface area contributed by atoms with Gasteiger partial charge in [0, 0.05) is 30.0 Å². The molecule has 0 aliphatic heterocycles. The molecule has 0 unspecified atom stereocenters. The van der Waals surface area contributed by atoms with E-state index in [1.807, 2.05) is 36.7 Å². The van der Waals surface area contributed by atoms with Gasteiger partial charge in [0.1, 0.15) is 18.1 Å². The molecule has 3 rings (SSSR count). The standard InChI is InChI=1S/C23H28ClN3O3/c1-15(2)19-13-20(24)16(3)12-22(19)29-14-18-6-7-21(30-18)23(28)25-9-5-11-27-17(4)8-10-26-27/h6-8,10,12-13,15H,5,9,11,14H2,1-4H3,(H,25,28). The summed E-state index contributed by atoms with van der Waals surface area (Å²) in [6.45, 7) is 9.69. The van der Waals surface area contributed by atoms with Crippen LogP contribution in [0.2, 0.25) is 5.02 Å². The summed E-state index contributed by atoms with van der Waals surface area (Å²) in [5.41, 5.74) is 3.11. The number of carbonyl (C=O) groups excluding carboxylic acids is 1. The van der Waals surface area contributed by atoms with Crippen LogP contribution in [0.3, 0.4) is 0 Å². The normalized spacial score (nSPS) is 11.1. The molecular weight excluding hydrogens is 402 g/mol. The Balaban J connectivity index is 1.52. The second kappa shape index (κ2) is 9.85. The van der Waals surface area contributed by atoms with Crippen LogP contribution in [0, 0.1) is 13.8 Å². The summed E-state index contributed by atoms with van der Waals surface area (Å²) in [5, 5.41) is 7.83. The molecule has 0 radical (unpaired) electrons. The van der Waals surface area contributed by atoms with Crippen LogP contribution < -0.4 is 10.1 Å². The average molecular weight is 430 g/mol. The largest absolute Gasteiger partial charge is 0.485 e. The van der Waals surface area contributed by atoms with Crippen LogP contribution in [0.25, 0.3) is 0 Å². The zero-order valence-electron chi connectivity index (χ0n) is 17.9. The number of rotatable bonds is 9. The first-order chi connectivity index (χ1) is 14.3. The van der Waals surface area contributed by atoms with Crippen LogP contribution in [0.5, 0.6) is 5.75 Å². The number of ether oxygens (including phenoxy) is 1. The lowest BCUT2D eigenvalue weighted by Crippen LogP contribution is -2.25. The molecule has 2 aromatic heterocycles. The smallest absolute Gasteiger partial charge is 0.286 e. The van der Waals surface area contributed by atoms with Crippen LogP contribution in [0.1, 0.15) is 59.3 Å². The van der Waals surface area contributed by atoms with Crippen LogP contribution in [-0.2, 0) is 13.2 Å². The van der Waals surface area contributed by atoms with Gasteiger partial charge in [-0.25, -0.2) is 0 Å². The Labute approximate surface area is 182 Å². The van der Waals surface area contributed by atoms with Gasteiger partial charge in [-0.1, -0.05) is 25.4 Å². The topological polar surface area (TPSA) is 69.3 Å². The van der Waals surface area contributed by atoms with E-state index in [-0.39, 0.29) is 24.2 Å². The Bertz CT molecular complexity index is 1010. The average Bonchev–Trinajstić information content (AvgIpc) is 3.34. The predicted octanol–water partition coefficient (Wildman–Crippen LogP) is 5.27. The minimum Gasteiger partial charge on any atom is -0.485 e. The second-order valence-electron chi connectivity index (χ2n) is 7.65. The van der Waals surface area contributed by atoms with E-state index in [1.165, 1.54) is 0 Å². The molecule has 0 aliphatic carbocycles. The minimum atomic E-state index is -0.233. The van der Waals surface area contributed by atoms with Gasteiger partial charge in [-0.2, -0.15) is 5.10 Å². The van der Waals surface area contributed by atoms with E-state index in [0.29, 0.717) is 12.3 Å². The number of aromatic nitrogens is 2. The molecule has 1 amide bonds. The van der Waals surface area contributed by atoms with Gasteiger partial charge in [-0.15, -0.1) is 0 Å². The molecule has 0 saturated heterocycles. The van der Waals surface area contributed by atoms with E-state index in [9.17, 15) is 4.79 Å². The first kappa shape index (κ1) is 22.0. The molecule has 2 heterocycles. The zero-order valence-corrected chi connectivity index (χ0v) is 18.6. The molecule has 0 bridgehead atoms. The van der Waals surface area contributed by atoms with Crippen molar-refractivity contribution in [3.8, 4) is 5.75 Å². The SMILES string of the molecule is Cc1cc(OCc2ccc(C(=O)NCCCn3nccc3C)o2)c(C(C)C)cc1Cl. The number of nitrogens with one attached hydrogen (secondary N) is 1. The van der Waals surface area contributed by atoms with E-state index >= 15 is 0 Å². The van der Waals surface area contributed by atoms with Crippen molar-refractivity contribution in [1.29, 1.82) is 0 Å². The number of hydrogen-bond acceptors (Lipinski definition) is 4. The molecular formula is C23H28ClN3O3. The fourth-order valence-electron chi connectivity index (χ4n) is 3.12. The predicted molar refractivity (Wildman–Crippen MR) is 117 cm³/mol. The Morgan fingerprint density at radius 3 is 2.77 bits per heavy atom. The monoisotopic (exact) mass is 429 g/mol. The highest BCUT2D eigenvalue weighted by atomic mass is 35.5. The van der Waals surface area contributed by atoms with Gasteiger partial charge in [0.25, 0.3) is 5.91 Å². The first-order valence-electron chi connectivity index (χ1n) is 10.1. The highest BCUT2D eigenvalue weighted by Crippen LogP contribution is 2.32. The van der Waals surface area contributed by atoms with E-state index < -0.39 is 0 Å².